The van der Waals surface area contributed by atoms with Gasteiger partial charge in [-0.15, -0.1) is 5.10 Å². The van der Waals surface area contributed by atoms with Crippen LogP contribution < -0.4 is 4.87 Å². The molecule has 0 amide bonds. The molecule has 0 saturated heterocycles. The van der Waals surface area contributed by atoms with Crippen LogP contribution in [0.1, 0.15) is 16.7 Å². The van der Waals surface area contributed by atoms with Crippen LogP contribution in [0.3, 0.4) is 0 Å². The topological polar surface area (TPSA) is 61.2 Å². The Morgan fingerprint density at radius 3 is 2.72 bits per heavy atom. The summed E-state index contributed by atoms with van der Waals surface area (Å²) >= 11 is 6.51. The Balaban J connectivity index is 2.38. The van der Waals surface area contributed by atoms with Crippen LogP contribution in [0, 0.1) is 0 Å². The molecule has 94 valence electrons. The number of carbonyl (C=O) groups excluding carboxylic acids is 1. The quantitative estimate of drug-likeness (QED) is 0.810. The predicted molar refractivity (Wildman–Crippen MR) is 68.7 cm³/mol. The highest BCUT2D eigenvalue weighted by molar-refractivity contribution is 7.10. The van der Waals surface area contributed by atoms with Crippen molar-refractivity contribution in [1.29, 1.82) is 0 Å². The van der Waals surface area contributed by atoms with E-state index >= 15 is 0 Å². The van der Waals surface area contributed by atoms with Crippen molar-refractivity contribution in [3.05, 3.63) is 44.0 Å². The van der Waals surface area contributed by atoms with E-state index in [0.717, 1.165) is 16.0 Å². The van der Waals surface area contributed by atoms with Crippen molar-refractivity contribution in [2.75, 3.05) is 6.61 Å². The van der Waals surface area contributed by atoms with E-state index in [9.17, 15) is 9.59 Å². The predicted octanol–water partition coefficient (Wildman–Crippen LogP) is 2.12. The molecule has 0 fully saturated rings. The summed E-state index contributed by atoms with van der Waals surface area (Å²) in [4.78, 5) is 22.8. The molecule has 0 aliphatic rings. The summed E-state index contributed by atoms with van der Waals surface area (Å²) in [7, 11) is 0. The average molecular weight is 285 g/mol. The maximum absolute atomic E-state index is 11.7. The molecule has 2 rings (SSSR count). The van der Waals surface area contributed by atoms with Crippen molar-refractivity contribution in [3.8, 4) is 5.69 Å². The SMILES string of the molecule is CCOC(=O)c1nn(-c2ccc(Cl)cc2)c(=O)s1. The number of hydrogen-bond acceptors (Lipinski definition) is 5. The van der Waals surface area contributed by atoms with Gasteiger partial charge in [-0.25, -0.2) is 4.79 Å². The molecule has 0 unspecified atom stereocenters. The summed E-state index contributed by atoms with van der Waals surface area (Å²) in [5.41, 5.74) is 0.552. The van der Waals surface area contributed by atoms with Crippen molar-refractivity contribution in [3.63, 3.8) is 0 Å². The second kappa shape index (κ2) is 5.32. The third-order valence-corrected chi connectivity index (χ3v) is 3.11. The van der Waals surface area contributed by atoms with Gasteiger partial charge in [-0.05, 0) is 42.5 Å². The Kier molecular flexibility index (Phi) is 3.78. The summed E-state index contributed by atoms with van der Waals surface area (Å²) in [5, 5.41) is 4.53. The van der Waals surface area contributed by atoms with Crippen LogP contribution in [-0.2, 0) is 4.74 Å². The van der Waals surface area contributed by atoms with Gasteiger partial charge in [-0.3, -0.25) is 4.79 Å². The van der Waals surface area contributed by atoms with E-state index in [-0.39, 0.29) is 16.5 Å². The molecule has 5 nitrogen and oxygen atoms in total. The minimum atomic E-state index is -0.590. The van der Waals surface area contributed by atoms with Gasteiger partial charge in [0.1, 0.15) is 0 Å². The second-order valence-electron chi connectivity index (χ2n) is 3.28. The van der Waals surface area contributed by atoms with Crippen LogP contribution in [0.2, 0.25) is 5.02 Å². The zero-order chi connectivity index (χ0) is 13.1. The first-order chi connectivity index (χ1) is 8.61. The molecule has 7 heteroatoms. The van der Waals surface area contributed by atoms with Gasteiger partial charge in [0.25, 0.3) is 0 Å². The lowest BCUT2D eigenvalue weighted by atomic mass is 10.3. The highest BCUT2D eigenvalue weighted by atomic mass is 35.5. The zero-order valence-electron chi connectivity index (χ0n) is 9.42. The molecular formula is C11H9ClN2O3S. The van der Waals surface area contributed by atoms with Crippen molar-refractivity contribution in [2.24, 2.45) is 0 Å². The molecular weight excluding hydrogens is 276 g/mol. The average Bonchev–Trinajstić information content (AvgIpc) is 2.73. The van der Waals surface area contributed by atoms with Crippen molar-refractivity contribution in [2.45, 2.75) is 6.92 Å². The van der Waals surface area contributed by atoms with E-state index in [1.54, 1.807) is 31.2 Å². The number of ether oxygens (including phenoxy) is 1. The van der Waals surface area contributed by atoms with Crippen LogP contribution >= 0.6 is 22.9 Å². The summed E-state index contributed by atoms with van der Waals surface area (Å²) in [6.07, 6.45) is 0. The molecule has 0 atom stereocenters. The van der Waals surface area contributed by atoms with Gasteiger partial charge < -0.3 is 4.74 Å². The zero-order valence-corrected chi connectivity index (χ0v) is 11.0. The Bertz CT molecular complexity index is 618. The highest BCUT2D eigenvalue weighted by Gasteiger charge is 2.15. The molecule has 0 bridgehead atoms. The van der Waals surface area contributed by atoms with Crippen LogP contribution in [0.25, 0.3) is 5.69 Å². The first-order valence-corrected chi connectivity index (χ1v) is 6.34. The number of halogens is 1. The number of hydrogen-bond donors (Lipinski definition) is 0. The van der Waals surface area contributed by atoms with Gasteiger partial charge in [-0.2, -0.15) is 4.68 Å². The lowest BCUT2D eigenvalue weighted by Crippen LogP contribution is -2.12. The number of benzene rings is 1. The molecule has 0 spiro atoms. The molecule has 0 saturated carbocycles. The Hall–Kier alpha value is -1.66. The van der Waals surface area contributed by atoms with E-state index in [2.05, 4.69) is 5.10 Å². The van der Waals surface area contributed by atoms with Gasteiger partial charge >= 0.3 is 10.8 Å². The lowest BCUT2D eigenvalue weighted by Gasteiger charge is -1.99. The Morgan fingerprint density at radius 2 is 2.11 bits per heavy atom. The minimum Gasteiger partial charge on any atom is -0.461 e. The fourth-order valence-electron chi connectivity index (χ4n) is 1.30. The summed E-state index contributed by atoms with van der Waals surface area (Å²) < 4.78 is 5.93. The fraction of sp³-hybridized carbons (Fsp3) is 0.182. The molecule has 0 aliphatic heterocycles. The Labute approximate surface area is 112 Å². The largest absolute Gasteiger partial charge is 0.461 e. The van der Waals surface area contributed by atoms with Gasteiger partial charge in [0.15, 0.2) is 0 Å². The third-order valence-electron chi connectivity index (χ3n) is 2.07. The molecule has 0 aliphatic carbocycles. The van der Waals surface area contributed by atoms with E-state index in [1.165, 1.54) is 0 Å². The van der Waals surface area contributed by atoms with Gasteiger partial charge in [-0.1, -0.05) is 11.6 Å². The van der Waals surface area contributed by atoms with Gasteiger partial charge in [0, 0.05) is 5.02 Å². The number of carbonyl (C=O) groups is 1. The molecule has 0 N–H and O–H groups in total. The second-order valence-corrected chi connectivity index (χ2v) is 4.66. The smallest absolute Gasteiger partial charge is 0.369 e. The number of rotatable bonds is 3. The van der Waals surface area contributed by atoms with E-state index in [1.807, 2.05) is 0 Å². The summed E-state index contributed by atoms with van der Waals surface area (Å²) in [5.74, 6) is -0.590. The number of aromatic nitrogens is 2. The third kappa shape index (κ3) is 2.60. The summed E-state index contributed by atoms with van der Waals surface area (Å²) in [6, 6.07) is 6.59. The molecule has 2 aromatic rings. The van der Waals surface area contributed by atoms with Gasteiger partial charge in [0.2, 0.25) is 5.01 Å². The standard InChI is InChI=1S/C11H9ClN2O3S/c1-2-17-10(15)9-13-14(11(16)18-9)8-5-3-7(12)4-6-8/h3-6H,2H2,1H3. The van der Waals surface area contributed by atoms with Crippen LogP contribution in [0.15, 0.2) is 29.1 Å². The maximum atomic E-state index is 11.7. The first kappa shape index (κ1) is 12.8. The first-order valence-electron chi connectivity index (χ1n) is 5.15. The molecule has 0 radical (unpaired) electrons. The van der Waals surface area contributed by atoms with Crippen molar-refractivity contribution < 1.29 is 9.53 Å². The monoisotopic (exact) mass is 284 g/mol. The molecule has 1 aromatic carbocycles. The normalized spacial score (nSPS) is 10.3. The van der Waals surface area contributed by atoms with Crippen molar-refractivity contribution >= 4 is 28.9 Å². The summed E-state index contributed by atoms with van der Waals surface area (Å²) in [6.45, 7) is 1.93. The fourth-order valence-corrected chi connectivity index (χ4v) is 2.09. The van der Waals surface area contributed by atoms with E-state index in [0.29, 0.717) is 10.7 Å². The Morgan fingerprint density at radius 1 is 1.44 bits per heavy atom. The highest BCUT2D eigenvalue weighted by Crippen LogP contribution is 2.12. The van der Waals surface area contributed by atoms with Crippen LogP contribution in [0.5, 0.6) is 0 Å². The number of nitrogens with zero attached hydrogens (tertiary/aromatic N) is 2. The molecule has 1 aromatic heterocycles. The van der Waals surface area contributed by atoms with E-state index < -0.39 is 5.97 Å². The van der Waals surface area contributed by atoms with Crippen LogP contribution in [-0.4, -0.2) is 22.4 Å². The number of esters is 1. The molecule has 18 heavy (non-hydrogen) atoms. The minimum absolute atomic E-state index is 0.0387. The van der Waals surface area contributed by atoms with E-state index in [4.69, 9.17) is 16.3 Å². The van der Waals surface area contributed by atoms with Crippen molar-refractivity contribution in [1.82, 2.24) is 9.78 Å². The lowest BCUT2D eigenvalue weighted by molar-refractivity contribution is 0.0524. The molecule has 1 heterocycles. The van der Waals surface area contributed by atoms with Gasteiger partial charge in [0.05, 0.1) is 12.3 Å². The maximum Gasteiger partial charge on any atom is 0.369 e. The van der Waals surface area contributed by atoms with Crippen LogP contribution in [0.4, 0.5) is 0 Å².